The average Bonchev–Trinajstić information content (AvgIpc) is 3.16. The number of thioether (sulfide) groups is 1. The molecule has 0 radical (unpaired) electrons. The number of hydrogen-bond acceptors (Lipinski definition) is 5. The third kappa shape index (κ3) is 4.89. The molecule has 0 saturated carbocycles. The number of carbonyl (C=O) groups is 1. The maximum atomic E-state index is 13.2. The second-order valence-electron chi connectivity index (χ2n) is 7.11. The topological polar surface area (TPSA) is 46.1 Å². The van der Waals surface area contributed by atoms with Gasteiger partial charge < -0.3 is 0 Å². The SMILES string of the molecule is Cc1cc2nc(N(Cc3ccccn3)C(=O)CCSc3ccccc3)sc2cc1C. The van der Waals surface area contributed by atoms with Crippen LogP contribution in [0.1, 0.15) is 23.2 Å². The van der Waals surface area contributed by atoms with Crippen LogP contribution in [0.3, 0.4) is 0 Å². The lowest BCUT2D eigenvalue weighted by Gasteiger charge is -2.19. The predicted octanol–water partition coefficient (Wildman–Crippen LogP) is 6.02. The summed E-state index contributed by atoms with van der Waals surface area (Å²) in [5.74, 6) is 0.793. The van der Waals surface area contributed by atoms with Crippen molar-refractivity contribution in [3.63, 3.8) is 0 Å². The van der Waals surface area contributed by atoms with Gasteiger partial charge in [-0.15, -0.1) is 11.8 Å². The first-order valence-corrected chi connectivity index (χ1v) is 11.7. The van der Waals surface area contributed by atoms with Crippen LogP contribution in [0.2, 0.25) is 0 Å². The van der Waals surface area contributed by atoms with E-state index in [0.717, 1.165) is 26.8 Å². The highest BCUT2D eigenvalue weighted by molar-refractivity contribution is 7.99. The highest BCUT2D eigenvalue weighted by Gasteiger charge is 2.21. The van der Waals surface area contributed by atoms with Crippen LogP contribution in [0.15, 0.2) is 71.8 Å². The fourth-order valence-electron chi connectivity index (χ4n) is 3.11. The van der Waals surface area contributed by atoms with Crippen LogP contribution in [-0.4, -0.2) is 21.6 Å². The summed E-state index contributed by atoms with van der Waals surface area (Å²) < 4.78 is 1.10. The number of aromatic nitrogens is 2. The number of thiazole rings is 1. The number of pyridine rings is 1. The van der Waals surface area contributed by atoms with Gasteiger partial charge in [0, 0.05) is 23.3 Å². The van der Waals surface area contributed by atoms with E-state index in [0.29, 0.717) is 13.0 Å². The molecule has 1 amide bonds. The Kier molecular flexibility index (Phi) is 6.45. The van der Waals surface area contributed by atoms with Crippen LogP contribution in [0.5, 0.6) is 0 Å². The molecule has 30 heavy (non-hydrogen) atoms. The molecule has 152 valence electrons. The zero-order valence-corrected chi connectivity index (χ0v) is 18.7. The molecule has 0 aliphatic rings. The van der Waals surface area contributed by atoms with E-state index >= 15 is 0 Å². The van der Waals surface area contributed by atoms with Gasteiger partial charge in [0.05, 0.1) is 22.5 Å². The number of benzene rings is 2. The van der Waals surface area contributed by atoms with Gasteiger partial charge in [-0.05, 0) is 61.4 Å². The van der Waals surface area contributed by atoms with E-state index in [1.165, 1.54) is 16.0 Å². The van der Waals surface area contributed by atoms with Crippen LogP contribution >= 0.6 is 23.1 Å². The molecule has 0 aliphatic heterocycles. The van der Waals surface area contributed by atoms with Gasteiger partial charge >= 0.3 is 0 Å². The highest BCUT2D eigenvalue weighted by Crippen LogP contribution is 2.32. The summed E-state index contributed by atoms with van der Waals surface area (Å²) in [6.07, 6.45) is 2.20. The van der Waals surface area contributed by atoms with Crippen molar-refractivity contribution in [1.29, 1.82) is 0 Å². The van der Waals surface area contributed by atoms with E-state index < -0.39 is 0 Å². The van der Waals surface area contributed by atoms with Crippen molar-refractivity contribution in [2.75, 3.05) is 10.7 Å². The second kappa shape index (κ2) is 9.41. The monoisotopic (exact) mass is 433 g/mol. The second-order valence-corrected chi connectivity index (χ2v) is 9.29. The van der Waals surface area contributed by atoms with Gasteiger partial charge in [0.15, 0.2) is 5.13 Å². The van der Waals surface area contributed by atoms with Gasteiger partial charge in [-0.3, -0.25) is 14.7 Å². The number of fused-ring (bicyclic) bond motifs is 1. The van der Waals surface area contributed by atoms with E-state index in [1.54, 1.807) is 34.2 Å². The maximum Gasteiger partial charge on any atom is 0.229 e. The number of carbonyl (C=O) groups excluding carboxylic acids is 1. The molecule has 4 rings (SSSR count). The fraction of sp³-hybridized carbons (Fsp3) is 0.208. The van der Waals surface area contributed by atoms with Crippen LogP contribution in [0.25, 0.3) is 10.2 Å². The first-order chi connectivity index (χ1) is 14.6. The number of amides is 1. The van der Waals surface area contributed by atoms with Crippen molar-refractivity contribution >= 4 is 44.4 Å². The number of hydrogen-bond donors (Lipinski definition) is 0. The summed E-state index contributed by atoms with van der Waals surface area (Å²) in [6.45, 7) is 4.62. The molecule has 6 heteroatoms. The van der Waals surface area contributed by atoms with Gasteiger partial charge in [-0.2, -0.15) is 0 Å². The van der Waals surface area contributed by atoms with Crippen LogP contribution in [-0.2, 0) is 11.3 Å². The molecular formula is C24H23N3OS2. The first kappa shape index (κ1) is 20.6. The van der Waals surface area contributed by atoms with Crippen molar-refractivity contribution in [3.05, 3.63) is 83.7 Å². The normalized spacial score (nSPS) is 11.0. The summed E-state index contributed by atoms with van der Waals surface area (Å²) in [7, 11) is 0. The molecule has 0 bridgehead atoms. The largest absolute Gasteiger partial charge is 0.282 e. The van der Waals surface area contributed by atoms with E-state index in [9.17, 15) is 4.79 Å². The standard InChI is InChI=1S/C24H23N3OS2/c1-17-14-21-22(15-18(17)2)30-24(26-21)27(16-19-8-6-7-12-25-19)23(28)11-13-29-20-9-4-3-5-10-20/h3-10,12,14-15H,11,13,16H2,1-2H3. The fourth-order valence-corrected chi connectivity index (χ4v) is 5.03. The quantitative estimate of drug-likeness (QED) is 0.334. The third-order valence-corrected chi connectivity index (χ3v) is 6.95. The lowest BCUT2D eigenvalue weighted by atomic mass is 10.1. The lowest BCUT2D eigenvalue weighted by Crippen LogP contribution is -2.30. The number of anilines is 1. The van der Waals surface area contributed by atoms with Gasteiger partial charge in [0.1, 0.15) is 0 Å². The maximum absolute atomic E-state index is 13.2. The Morgan fingerprint density at radius 3 is 2.57 bits per heavy atom. The number of rotatable bonds is 7. The van der Waals surface area contributed by atoms with E-state index in [-0.39, 0.29) is 5.91 Å². The van der Waals surface area contributed by atoms with Gasteiger partial charge in [-0.1, -0.05) is 35.6 Å². The van der Waals surface area contributed by atoms with Gasteiger partial charge in [0.2, 0.25) is 5.91 Å². The van der Waals surface area contributed by atoms with Crippen molar-refractivity contribution in [2.24, 2.45) is 0 Å². The van der Waals surface area contributed by atoms with Crippen molar-refractivity contribution in [1.82, 2.24) is 9.97 Å². The van der Waals surface area contributed by atoms with Gasteiger partial charge in [-0.25, -0.2) is 4.98 Å². The molecule has 0 aliphatic carbocycles. The Bertz CT molecular complexity index is 1100. The molecule has 0 saturated heterocycles. The molecule has 0 atom stereocenters. The van der Waals surface area contributed by atoms with E-state index in [4.69, 9.17) is 4.98 Å². The van der Waals surface area contributed by atoms with Crippen molar-refractivity contribution in [2.45, 2.75) is 31.7 Å². The Hall–Kier alpha value is -2.70. The number of aryl methyl sites for hydroxylation is 2. The zero-order valence-electron chi connectivity index (χ0n) is 17.0. The lowest BCUT2D eigenvalue weighted by molar-refractivity contribution is -0.118. The molecular weight excluding hydrogens is 410 g/mol. The zero-order chi connectivity index (χ0) is 20.9. The van der Waals surface area contributed by atoms with Crippen LogP contribution in [0, 0.1) is 13.8 Å². The minimum Gasteiger partial charge on any atom is -0.282 e. The molecule has 4 aromatic rings. The molecule has 2 aromatic carbocycles. The summed E-state index contributed by atoms with van der Waals surface area (Å²) in [5.41, 5.74) is 4.24. The van der Waals surface area contributed by atoms with Gasteiger partial charge in [0.25, 0.3) is 0 Å². The summed E-state index contributed by atoms with van der Waals surface area (Å²) in [5, 5.41) is 0.732. The average molecular weight is 434 g/mol. The predicted molar refractivity (Wildman–Crippen MR) is 126 cm³/mol. The minimum absolute atomic E-state index is 0.0663. The summed E-state index contributed by atoms with van der Waals surface area (Å²) >= 11 is 3.26. The first-order valence-electron chi connectivity index (χ1n) is 9.86. The van der Waals surface area contributed by atoms with E-state index in [2.05, 4.69) is 43.1 Å². The third-order valence-electron chi connectivity index (χ3n) is 4.90. The molecule has 0 fully saturated rings. The Labute approximate surface area is 185 Å². The van der Waals surface area contributed by atoms with Crippen molar-refractivity contribution in [3.8, 4) is 0 Å². The highest BCUT2D eigenvalue weighted by atomic mass is 32.2. The Morgan fingerprint density at radius 1 is 1.03 bits per heavy atom. The van der Waals surface area contributed by atoms with Crippen LogP contribution < -0.4 is 4.90 Å². The van der Waals surface area contributed by atoms with Crippen molar-refractivity contribution < 1.29 is 4.79 Å². The Morgan fingerprint density at radius 2 is 1.80 bits per heavy atom. The molecule has 4 nitrogen and oxygen atoms in total. The molecule has 2 aromatic heterocycles. The smallest absolute Gasteiger partial charge is 0.229 e. The molecule has 0 unspecified atom stereocenters. The van der Waals surface area contributed by atoms with E-state index in [1.807, 2.05) is 36.4 Å². The minimum atomic E-state index is 0.0663. The molecule has 0 N–H and O–H groups in total. The van der Waals surface area contributed by atoms with Crippen LogP contribution in [0.4, 0.5) is 5.13 Å². The number of nitrogens with zero attached hydrogens (tertiary/aromatic N) is 3. The summed E-state index contributed by atoms with van der Waals surface area (Å²) in [6, 6.07) is 20.2. The molecule has 0 spiro atoms. The summed E-state index contributed by atoms with van der Waals surface area (Å²) in [4.78, 5) is 25.4. The Balaban J connectivity index is 1.56. The molecule has 2 heterocycles.